The molecule has 1 rings (SSSR count). The van der Waals surface area contributed by atoms with E-state index in [-0.39, 0.29) is 11.7 Å². The second-order valence-electron chi connectivity index (χ2n) is 2.48. The van der Waals surface area contributed by atoms with Gasteiger partial charge in [-0.05, 0) is 12.1 Å². The van der Waals surface area contributed by atoms with Crippen molar-refractivity contribution in [1.29, 1.82) is 0 Å². The van der Waals surface area contributed by atoms with Crippen molar-refractivity contribution in [1.82, 2.24) is 0 Å². The number of ketones is 1. The number of rotatable bonds is 3. The Bertz CT molecular complexity index is 228. The van der Waals surface area contributed by atoms with Crippen molar-refractivity contribution in [2.45, 2.75) is 6.92 Å². The van der Waals surface area contributed by atoms with Crippen LogP contribution in [0.4, 0.5) is 0 Å². The van der Waals surface area contributed by atoms with Gasteiger partial charge < -0.3 is 10.2 Å². The Kier molecular flexibility index (Phi) is 2.44. The van der Waals surface area contributed by atoms with E-state index in [1.54, 1.807) is 19.1 Å². The molecule has 0 spiro atoms. The molecule has 0 aromatic carbocycles. The second kappa shape index (κ2) is 3.34. The lowest BCUT2D eigenvalue weighted by atomic mass is 10.1. The Morgan fingerprint density at radius 2 is 2.55 bits per heavy atom. The van der Waals surface area contributed by atoms with Crippen LogP contribution < -0.4 is 5.73 Å². The molecule has 0 fully saturated rings. The van der Waals surface area contributed by atoms with Gasteiger partial charge in [-0.2, -0.15) is 0 Å². The van der Waals surface area contributed by atoms with Crippen molar-refractivity contribution in [2.24, 2.45) is 11.7 Å². The molecule has 1 aromatic heterocycles. The molecule has 0 amide bonds. The Morgan fingerprint density at radius 3 is 3.00 bits per heavy atom. The molecule has 3 heteroatoms. The highest BCUT2D eigenvalue weighted by molar-refractivity contribution is 5.95. The summed E-state index contributed by atoms with van der Waals surface area (Å²) < 4.78 is 4.91. The van der Waals surface area contributed by atoms with Gasteiger partial charge in [-0.1, -0.05) is 6.92 Å². The smallest absolute Gasteiger partial charge is 0.202 e. The average Bonchev–Trinajstić information content (AvgIpc) is 2.53. The molecule has 0 radical (unpaired) electrons. The van der Waals surface area contributed by atoms with Crippen molar-refractivity contribution in [3.63, 3.8) is 0 Å². The SMILES string of the molecule is CC(CN)C(=O)c1ccco1. The molecule has 0 aliphatic carbocycles. The molecule has 0 saturated heterocycles. The van der Waals surface area contributed by atoms with Crippen molar-refractivity contribution in [3.8, 4) is 0 Å². The highest BCUT2D eigenvalue weighted by atomic mass is 16.3. The molecule has 1 heterocycles. The zero-order valence-electron chi connectivity index (χ0n) is 6.41. The number of nitrogens with two attached hydrogens (primary N) is 1. The largest absolute Gasteiger partial charge is 0.461 e. The summed E-state index contributed by atoms with van der Waals surface area (Å²) >= 11 is 0. The summed E-state index contributed by atoms with van der Waals surface area (Å²) in [7, 11) is 0. The van der Waals surface area contributed by atoms with Crippen LogP contribution >= 0.6 is 0 Å². The zero-order valence-corrected chi connectivity index (χ0v) is 6.41. The highest BCUT2D eigenvalue weighted by Crippen LogP contribution is 2.07. The number of Topliss-reactive ketones (excluding diaryl/α,β-unsaturated/α-hetero) is 1. The molecule has 60 valence electrons. The highest BCUT2D eigenvalue weighted by Gasteiger charge is 2.15. The van der Waals surface area contributed by atoms with Crippen LogP contribution in [0.5, 0.6) is 0 Å². The van der Waals surface area contributed by atoms with E-state index in [0.29, 0.717) is 12.3 Å². The molecular weight excluding hydrogens is 142 g/mol. The number of carbonyl (C=O) groups is 1. The van der Waals surface area contributed by atoms with Crippen LogP contribution in [0.15, 0.2) is 22.8 Å². The molecule has 1 unspecified atom stereocenters. The van der Waals surface area contributed by atoms with E-state index in [2.05, 4.69) is 0 Å². The first kappa shape index (κ1) is 8.01. The Hall–Kier alpha value is -1.09. The maximum atomic E-state index is 11.3. The summed E-state index contributed by atoms with van der Waals surface area (Å²) in [5.74, 6) is 0.210. The van der Waals surface area contributed by atoms with E-state index in [1.165, 1.54) is 6.26 Å². The molecule has 11 heavy (non-hydrogen) atoms. The fourth-order valence-corrected chi connectivity index (χ4v) is 0.769. The van der Waals surface area contributed by atoms with E-state index >= 15 is 0 Å². The maximum Gasteiger partial charge on any atom is 0.202 e. The fourth-order valence-electron chi connectivity index (χ4n) is 0.769. The van der Waals surface area contributed by atoms with Gasteiger partial charge in [-0.25, -0.2) is 0 Å². The fraction of sp³-hybridized carbons (Fsp3) is 0.375. The average molecular weight is 153 g/mol. The Balaban J connectivity index is 2.70. The van der Waals surface area contributed by atoms with Crippen LogP contribution in [0.3, 0.4) is 0 Å². The summed E-state index contributed by atoms with van der Waals surface area (Å²) in [6.45, 7) is 2.14. The molecule has 3 nitrogen and oxygen atoms in total. The number of carbonyl (C=O) groups excluding carboxylic acids is 1. The minimum absolute atomic E-state index is 0.0301. The normalized spacial score (nSPS) is 12.9. The van der Waals surface area contributed by atoms with Gasteiger partial charge in [0.05, 0.1) is 6.26 Å². The second-order valence-corrected chi connectivity index (χ2v) is 2.48. The Labute approximate surface area is 65.2 Å². The van der Waals surface area contributed by atoms with Crippen LogP contribution in [-0.2, 0) is 0 Å². The third-order valence-corrected chi connectivity index (χ3v) is 1.57. The molecule has 1 aromatic rings. The predicted molar refractivity (Wildman–Crippen MR) is 41.3 cm³/mol. The van der Waals surface area contributed by atoms with Gasteiger partial charge in [-0.3, -0.25) is 4.79 Å². The number of furan rings is 1. The van der Waals surface area contributed by atoms with Gasteiger partial charge in [0.15, 0.2) is 5.76 Å². The lowest BCUT2D eigenvalue weighted by Gasteiger charge is -2.02. The van der Waals surface area contributed by atoms with Crippen LogP contribution in [0, 0.1) is 5.92 Å². The quantitative estimate of drug-likeness (QED) is 0.660. The molecule has 0 aliphatic heterocycles. The first-order valence-corrected chi connectivity index (χ1v) is 3.53. The van der Waals surface area contributed by atoms with Gasteiger partial charge in [-0.15, -0.1) is 0 Å². The van der Waals surface area contributed by atoms with Gasteiger partial charge in [0.1, 0.15) is 0 Å². The summed E-state index contributed by atoms with van der Waals surface area (Å²) in [5.41, 5.74) is 5.32. The van der Waals surface area contributed by atoms with Gasteiger partial charge in [0.25, 0.3) is 0 Å². The molecule has 0 saturated carbocycles. The van der Waals surface area contributed by atoms with Gasteiger partial charge >= 0.3 is 0 Å². The molecule has 2 N–H and O–H groups in total. The summed E-state index contributed by atoms with van der Waals surface area (Å²) in [6.07, 6.45) is 1.48. The van der Waals surface area contributed by atoms with Crippen LogP contribution in [-0.4, -0.2) is 12.3 Å². The van der Waals surface area contributed by atoms with E-state index in [0.717, 1.165) is 0 Å². The monoisotopic (exact) mass is 153 g/mol. The van der Waals surface area contributed by atoms with Gasteiger partial charge in [0, 0.05) is 12.5 Å². The minimum Gasteiger partial charge on any atom is -0.461 e. The van der Waals surface area contributed by atoms with Crippen LogP contribution in [0.1, 0.15) is 17.5 Å². The van der Waals surface area contributed by atoms with Crippen LogP contribution in [0.25, 0.3) is 0 Å². The predicted octanol–water partition coefficient (Wildman–Crippen LogP) is 1.06. The van der Waals surface area contributed by atoms with Crippen molar-refractivity contribution >= 4 is 5.78 Å². The lowest BCUT2D eigenvalue weighted by Crippen LogP contribution is -2.20. The van der Waals surface area contributed by atoms with E-state index < -0.39 is 0 Å². The number of hydrogen-bond donors (Lipinski definition) is 1. The van der Waals surface area contributed by atoms with Crippen LogP contribution in [0.2, 0.25) is 0 Å². The standard InChI is InChI=1S/C8H11NO2/c1-6(5-9)8(10)7-3-2-4-11-7/h2-4,6H,5,9H2,1H3. The number of hydrogen-bond acceptors (Lipinski definition) is 3. The van der Waals surface area contributed by atoms with E-state index in [1.807, 2.05) is 0 Å². The lowest BCUT2D eigenvalue weighted by molar-refractivity contribution is 0.0906. The van der Waals surface area contributed by atoms with E-state index in [4.69, 9.17) is 10.2 Å². The third-order valence-electron chi connectivity index (χ3n) is 1.57. The molecular formula is C8H11NO2. The first-order valence-electron chi connectivity index (χ1n) is 3.53. The molecule has 0 bridgehead atoms. The minimum atomic E-state index is -0.152. The van der Waals surface area contributed by atoms with Crippen molar-refractivity contribution in [2.75, 3.05) is 6.54 Å². The first-order chi connectivity index (χ1) is 5.25. The summed E-state index contributed by atoms with van der Waals surface area (Å²) in [4.78, 5) is 11.3. The topological polar surface area (TPSA) is 56.2 Å². The van der Waals surface area contributed by atoms with Crippen molar-refractivity contribution < 1.29 is 9.21 Å². The molecule has 0 aliphatic rings. The summed E-state index contributed by atoms with van der Waals surface area (Å²) in [6, 6.07) is 3.34. The molecule has 1 atom stereocenters. The third kappa shape index (κ3) is 1.68. The Morgan fingerprint density at radius 1 is 1.82 bits per heavy atom. The van der Waals surface area contributed by atoms with Crippen molar-refractivity contribution in [3.05, 3.63) is 24.2 Å². The summed E-state index contributed by atoms with van der Waals surface area (Å²) in [5, 5.41) is 0. The zero-order chi connectivity index (χ0) is 8.27. The van der Waals surface area contributed by atoms with E-state index in [9.17, 15) is 4.79 Å². The van der Waals surface area contributed by atoms with Gasteiger partial charge in [0.2, 0.25) is 5.78 Å². The maximum absolute atomic E-state index is 11.3.